The van der Waals surface area contributed by atoms with Gasteiger partial charge >= 0.3 is 0 Å². The van der Waals surface area contributed by atoms with Crippen LogP contribution in [0.4, 0.5) is 5.69 Å². The van der Waals surface area contributed by atoms with Gasteiger partial charge in [0.25, 0.3) is 0 Å². The molecule has 0 saturated heterocycles. The number of carbonyl (C=O) groups is 1. The van der Waals surface area contributed by atoms with Crippen molar-refractivity contribution in [1.29, 1.82) is 0 Å². The summed E-state index contributed by atoms with van der Waals surface area (Å²) in [6.07, 6.45) is 1.19. The van der Waals surface area contributed by atoms with Crippen molar-refractivity contribution in [2.24, 2.45) is 0 Å². The van der Waals surface area contributed by atoms with Crippen molar-refractivity contribution in [2.75, 3.05) is 39.0 Å². The lowest BCUT2D eigenvalue weighted by Crippen LogP contribution is -2.35. The Kier molecular flexibility index (Phi) is 5.80. The van der Waals surface area contributed by atoms with Crippen LogP contribution in [-0.2, 0) is 0 Å². The number of rotatable bonds is 7. The number of Topliss-reactive ketones (excluding diaryl/α,β-unsaturated/α-hetero) is 1. The van der Waals surface area contributed by atoms with Crippen LogP contribution >= 0.6 is 0 Å². The zero-order valence-corrected chi connectivity index (χ0v) is 14.0. The number of hydrogen-bond acceptors (Lipinski definition) is 5. The number of hydrogen-bond donors (Lipinski definition) is 2. The van der Waals surface area contributed by atoms with Crippen LogP contribution in [0.15, 0.2) is 18.2 Å². The van der Waals surface area contributed by atoms with Crippen molar-refractivity contribution in [3.05, 3.63) is 23.8 Å². The highest BCUT2D eigenvalue weighted by Crippen LogP contribution is 2.30. The second-order valence-corrected chi connectivity index (χ2v) is 6.22. The minimum atomic E-state index is -0.177. The molecule has 0 aliphatic carbocycles. The molecule has 122 valence electrons. The fourth-order valence-electron chi connectivity index (χ4n) is 2.49. The maximum Gasteiger partial charge on any atom is 0.179 e. The standard InChI is InChI=1S/C17H27N3O2/c1-12-11-19-15-10-14(6-7-16(15)22-12)17(21)13(2)18-8-5-9-20(3)4/h6-7,10,12-13,18-19H,5,8-9,11H2,1-4H3. The van der Waals surface area contributed by atoms with Gasteiger partial charge in [0.2, 0.25) is 0 Å². The number of nitrogens with zero attached hydrogens (tertiary/aromatic N) is 1. The molecule has 5 nitrogen and oxygen atoms in total. The summed E-state index contributed by atoms with van der Waals surface area (Å²) >= 11 is 0. The monoisotopic (exact) mass is 305 g/mol. The van der Waals surface area contributed by atoms with Gasteiger partial charge < -0.3 is 20.3 Å². The second kappa shape index (κ2) is 7.61. The van der Waals surface area contributed by atoms with Gasteiger partial charge in [-0.25, -0.2) is 0 Å². The smallest absolute Gasteiger partial charge is 0.179 e. The average molecular weight is 305 g/mol. The summed E-state index contributed by atoms with van der Waals surface area (Å²) in [5.41, 5.74) is 1.63. The molecule has 2 unspecified atom stereocenters. The summed E-state index contributed by atoms with van der Waals surface area (Å²) in [7, 11) is 4.11. The van der Waals surface area contributed by atoms with E-state index in [-0.39, 0.29) is 17.9 Å². The van der Waals surface area contributed by atoms with Crippen LogP contribution in [0.25, 0.3) is 0 Å². The molecule has 0 amide bonds. The van der Waals surface area contributed by atoms with Crippen molar-refractivity contribution in [1.82, 2.24) is 10.2 Å². The molecule has 2 rings (SSSR count). The van der Waals surface area contributed by atoms with E-state index in [1.54, 1.807) is 0 Å². The first-order valence-electron chi connectivity index (χ1n) is 7.94. The average Bonchev–Trinajstić information content (AvgIpc) is 2.49. The number of carbonyl (C=O) groups excluding carboxylic acids is 1. The number of benzene rings is 1. The number of anilines is 1. The highest BCUT2D eigenvalue weighted by atomic mass is 16.5. The Morgan fingerprint density at radius 1 is 1.50 bits per heavy atom. The van der Waals surface area contributed by atoms with Crippen molar-refractivity contribution < 1.29 is 9.53 Å². The highest BCUT2D eigenvalue weighted by Gasteiger charge is 2.19. The summed E-state index contributed by atoms with van der Waals surface area (Å²) in [6.45, 7) is 6.57. The molecule has 1 aromatic carbocycles. The van der Waals surface area contributed by atoms with Gasteiger partial charge in [0, 0.05) is 5.56 Å². The lowest BCUT2D eigenvalue weighted by molar-refractivity contribution is 0.0950. The maximum atomic E-state index is 12.5. The lowest BCUT2D eigenvalue weighted by Gasteiger charge is -2.25. The van der Waals surface area contributed by atoms with Crippen molar-refractivity contribution in [3.63, 3.8) is 0 Å². The number of fused-ring (bicyclic) bond motifs is 1. The van der Waals surface area contributed by atoms with Crippen LogP contribution in [0.5, 0.6) is 5.75 Å². The van der Waals surface area contributed by atoms with Crippen LogP contribution in [-0.4, -0.2) is 56.6 Å². The van der Waals surface area contributed by atoms with Gasteiger partial charge in [-0.3, -0.25) is 4.79 Å². The highest BCUT2D eigenvalue weighted by molar-refractivity contribution is 6.01. The Bertz CT molecular complexity index is 517. The Balaban J connectivity index is 1.92. The predicted molar refractivity (Wildman–Crippen MR) is 90.0 cm³/mol. The third-order valence-corrected chi connectivity index (χ3v) is 3.80. The number of ketones is 1. The van der Waals surface area contributed by atoms with E-state index in [2.05, 4.69) is 29.6 Å². The van der Waals surface area contributed by atoms with E-state index in [0.29, 0.717) is 0 Å². The topological polar surface area (TPSA) is 53.6 Å². The minimum Gasteiger partial charge on any atom is -0.487 e. The van der Waals surface area contributed by atoms with Gasteiger partial charge in [0.1, 0.15) is 11.9 Å². The number of ether oxygens (including phenoxy) is 1. The third kappa shape index (κ3) is 4.45. The summed E-state index contributed by atoms with van der Waals surface area (Å²) in [5, 5.41) is 6.60. The second-order valence-electron chi connectivity index (χ2n) is 6.22. The molecule has 1 aliphatic rings. The maximum absolute atomic E-state index is 12.5. The molecule has 22 heavy (non-hydrogen) atoms. The van der Waals surface area contributed by atoms with E-state index >= 15 is 0 Å². The lowest BCUT2D eigenvalue weighted by atomic mass is 10.0. The van der Waals surface area contributed by atoms with Crippen LogP contribution in [0, 0.1) is 0 Å². The van der Waals surface area contributed by atoms with E-state index in [0.717, 1.165) is 43.1 Å². The van der Waals surface area contributed by atoms with Crippen LogP contribution in [0.2, 0.25) is 0 Å². The summed E-state index contributed by atoms with van der Waals surface area (Å²) in [4.78, 5) is 14.6. The summed E-state index contributed by atoms with van der Waals surface area (Å²) in [5.74, 6) is 0.940. The third-order valence-electron chi connectivity index (χ3n) is 3.80. The quantitative estimate of drug-likeness (QED) is 0.596. The minimum absolute atomic E-state index is 0.119. The van der Waals surface area contributed by atoms with Crippen LogP contribution < -0.4 is 15.4 Å². The normalized spacial score (nSPS) is 18.3. The molecule has 0 spiro atoms. The Labute approximate surface area is 133 Å². The first kappa shape index (κ1) is 16.8. The van der Waals surface area contributed by atoms with Gasteiger partial charge in [0.15, 0.2) is 5.78 Å². The first-order chi connectivity index (χ1) is 10.5. The molecule has 0 radical (unpaired) electrons. The molecule has 1 aliphatic heterocycles. The van der Waals surface area contributed by atoms with Gasteiger partial charge in [-0.1, -0.05) is 0 Å². The SMILES string of the molecule is CC1CNc2cc(C(=O)C(C)NCCCN(C)C)ccc2O1. The predicted octanol–water partition coefficient (Wildman–Crippen LogP) is 1.99. The van der Waals surface area contributed by atoms with Gasteiger partial charge in [0.05, 0.1) is 18.3 Å². The molecule has 1 aromatic rings. The Morgan fingerprint density at radius 3 is 3.00 bits per heavy atom. The fourth-order valence-corrected chi connectivity index (χ4v) is 2.49. The van der Waals surface area contributed by atoms with Gasteiger partial charge in [-0.2, -0.15) is 0 Å². The van der Waals surface area contributed by atoms with Crippen LogP contribution in [0.1, 0.15) is 30.6 Å². The largest absolute Gasteiger partial charge is 0.487 e. The molecule has 0 fully saturated rings. The summed E-state index contributed by atoms with van der Waals surface area (Å²) < 4.78 is 5.73. The molecule has 0 bridgehead atoms. The Morgan fingerprint density at radius 2 is 2.27 bits per heavy atom. The van der Waals surface area contributed by atoms with Crippen molar-refractivity contribution in [2.45, 2.75) is 32.4 Å². The first-order valence-corrected chi connectivity index (χ1v) is 7.94. The zero-order chi connectivity index (χ0) is 16.1. The van der Waals surface area contributed by atoms with Crippen LogP contribution in [0.3, 0.4) is 0 Å². The number of nitrogens with one attached hydrogen (secondary N) is 2. The van der Waals surface area contributed by atoms with Gasteiger partial charge in [-0.05, 0) is 65.7 Å². The Hall–Kier alpha value is -1.59. The molecular formula is C17H27N3O2. The molecule has 5 heteroatoms. The van der Waals surface area contributed by atoms with Crippen molar-refractivity contribution in [3.8, 4) is 5.75 Å². The summed E-state index contributed by atoms with van der Waals surface area (Å²) in [6, 6.07) is 5.44. The molecule has 2 atom stereocenters. The molecule has 2 N–H and O–H groups in total. The zero-order valence-electron chi connectivity index (χ0n) is 14.0. The molecule has 0 aromatic heterocycles. The van der Waals surface area contributed by atoms with Crippen molar-refractivity contribution >= 4 is 11.5 Å². The van der Waals surface area contributed by atoms with E-state index < -0.39 is 0 Å². The van der Waals surface area contributed by atoms with E-state index in [1.807, 2.05) is 32.0 Å². The van der Waals surface area contributed by atoms with Gasteiger partial charge in [-0.15, -0.1) is 0 Å². The van der Waals surface area contributed by atoms with E-state index in [9.17, 15) is 4.79 Å². The molecular weight excluding hydrogens is 278 g/mol. The molecule has 1 heterocycles. The molecule has 0 saturated carbocycles. The van der Waals surface area contributed by atoms with E-state index in [1.165, 1.54) is 0 Å². The fraction of sp³-hybridized carbons (Fsp3) is 0.588. The van der Waals surface area contributed by atoms with E-state index in [4.69, 9.17) is 4.74 Å².